The quantitative estimate of drug-likeness (QED) is 0.666. The second-order valence-electron chi connectivity index (χ2n) is 4.08. The highest BCUT2D eigenvalue weighted by molar-refractivity contribution is 6.68. The Morgan fingerprint density at radius 1 is 1.05 bits per heavy atom. The predicted molar refractivity (Wildman–Crippen MR) is 75.2 cm³/mol. The summed E-state index contributed by atoms with van der Waals surface area (Å²) in [6.45, 7) is 0. The number of carbonyl (C=O) groups excluding carboxylic acids is 1. The molecule has 1 aromatic carbocycles. The largest absolute Gasteiger partial charge is 0.276 e. The lowest BCUT2D eigenvalue weighted by atomic mass is 10.1. The molecule has 0 fully saturated rings. The van der Waals surface area contributed by atoms with Gasteiger partial charge in [0.2, 0.25) is 0 Å². The number of hydrogen-bond donors (Lipinski definition) is 0. The van der Waals surface area contributed by atoms with Gasteiger partial charge in [-0.25, -0.2) is 4.98 Å². The molecule has 0 atom stereocenters. The number of rotatable bonds is 2. The van der Waals surface area contributed by atoms with Crippen LogP contribution in [0.15, 0.2) is 54.9 Å². The fourth-order valence-electron chi connectivity index (χ4n) is 2.01. The van der Waals surface area contributed by atoms with Gasteiger partial charge in [0, 0.05) is 28.9 Å². The number of para-hydroxylation sites is 1. The van der Waals surface area contributed by atoms with Crippen molar-refractivity contribution in [3.05, 3.63) is 60.4 Å². The van der Waals surface area contributed by atoms with E-state index in [1.54, 1.807) is 18.5 Å². The van der Waals surface area contributed by atoms with Gasteiger partial charge in [0.25, 0.3) is 5.24 Å². The Kier molecular flexibility index (Phi) is 2.97. The molecule has 2 aromatic heterocycles. The number of nitrogens with zero attached hydrogens (tertiary/aromatic N) is 2. The molecular weight excluding hydrogens is 260 g/mol. The summed E-state index contributed by atoms with van der Waals surface area (Å²) in [6.07, 6.45) is 3.38. The summed E-state index contributed by atoms with van der Waals surface area (Å²) in [6, 6.07) is 12.9. The van der Waals surface area contributed by atoms with Crippen molar-refractivity contribution < 1.29 is 4.79 Å². The summed E-state index contributed by atoms with van der Waals surface area (Å²) in [5, 5.41) is 0.286. The zero-order valence-corrected chi connectivity index (χ0v) is 10.6. The molecule has 0 radical (unpaired) electrons. The van der Waals surface area contributed by atoms with Gasteiger partial charge in [0.05, 0.1) is 11.2 Å². The second kappa shape index (κ2) is 4.78. The molecule has 0 spiro atoms. The van der Waals surface area contributed by atoms with Gasteiger partial charge in [-0.2, -0.15) is 0 Å². The highest BCUT2D eigenvalue weighted by Gasteiger charge is 2.11. The predicted octanol–water partition coefficient (Wildman–Crippen LogP) is 3.68. The molecule has 2 heterocycles. The molecule has 3 aromatic rings. The molecule has 19 heavy (non-hydrogen) atoms. The summed E-state index contributed by atoms with van der Waals surface area (Å²) in [5.74, 6) is 0. The average molecular weight is 269 g/mol. The smallest absolute Gasteiger partial charge is 0.253 e. The van der Waals surface area contributed by atoms with Crippen molar-refractivity contribution >= 4 is 27.7 Å². The zero-order valence-electron chi connectivity index (χ0n) is 9.88. The maximum absolute atomic E-state index is 11.6. The third kappa shape index (κ3) is 2.20. The lowest BCUT2D eigenvalue weighted by Crippen LogP contribution is -1.95. The molecule has 92 valence electrons. The SMILES string of the molecule is O=C(Cl)c1cc(-c2ccncc2)nc2ccccc12. The minimum atomic E-state index is -0.478. The zero-order chi connectivity index (χ0) is 13.2. The van der Waals surface area contributed by atoms with Crippen molar-refractivity contribution in [2.75, 3.05) is 0 Å². The topological polar surface area (TPSA) is 42.9 Å². The van der Waals surface area contributed by atoms with Gasteiger partial charge in [-0.05, 0) is 35.9 Å². The number of hydrogen-bond acceptors (Lipinski definition) is 3. The molecule has 3 rings (SSSR count). The molecule has 4 heteroatoms. The van der Waals surface area contributed by atoms with Crippen molar-refractivity contribution in [2.45, 2.75) is 0 Å². The maximum Gasteiger partial charge on any atom is 0.253 e. The molecule has 0 saturated heterocycles. The van der Waals surface area contributed by atoms with E-state index in [0.717, 1.165) is 16.5 Å². The first-order chi connectivity index (χ1) is 9.25. The summed E-state index contributed by atoms with van der Waals surface area (Å²) in [7, 11) is 0. The molecule has 0 saturated carbocycles. The first-order valence-electron chi connectivity index (χ1n) is 5.76. The normalized spacial score (nSPS) is 10.6. The van der Waals surface area contributed by atoms with E-state index in [9.17, 15) is 4.79 Å². The van der Waals surface area contributed by atoms with Crippen LogP contribution in [0, 0.1) is 0 Å². The Labute approximate surface area is 114 Å². The Morgan fingerprint density at radius 2 is 1.79 bits per heavy atom. The molecule has 3 nitrogen and oxygen atoms in total. The van der Waals surface area contributed by atoms with Crippen molar-refractivity contribution in [3.63, 3.8) is 0 Å². The first kappa shape index (κ1) is 11.8. The number of aromatic nitrogens is 2. The number of halogens is 1. The highest BCUT2D eigenvalue weighted by atomic mass is 35.5. The highest BCUT2D eigenvalue weighted by Crippen LogP contribution is 2.25. The van der Waals surface area contributed by atoms with Gasteiger partial charge in [-0.3, -0.25) is 9.78 Å². The van der Waals surface area contributed by atoms with Crippen LogP contribution in [0.5, 0.6) is 0 Å². The van der Waals surface area contributed by atoms with Gasteiger partial charge in [-0.15, -0.1) is 0 Å². The molecule has 0 aliphatic rings. The molecular formula is C15H9ClN2O. The summed E-state index contributed by atoms with van der Waals surface area (Å²) >= 11 is 5.66. The van der Waals surface area contributed by atoms with Crippen molar-refractivity contribution in [1.29, 1.82) is 0 Å². The number of carbonyl (C=O) groups is 1. The molecule has 0 aliphatic carbocycles. The third-order valence-electron chi connectivity index (χ3n) is 2.90. The van der Waals surface area contributed by atoms with E-state index in [4.69, 9.17) is 11.6 Å². The van der Waals surface area contributed by atoms with Crippen LogP contribution in [0.2, 0.25) is 0 Å². The standard InChI is InChI=1S/C15H9ClN2O/c16-15(19)12-9-14(10-5-7-17-8-6-10)18-13-4-2-1-3-11(12)13/h1-9H. The van der Waals surface area contributed by atoms with E-state index in [1.807, 2.05) is 36.4 Å². The van der Waals surface area contributed by atoms with Crippen LogP contribution < -0.4 is 0 Å². The monoisotopic (exact) mass is 268 g/mol. The van der Waals surface area contributed by atoms with E-state index in [1.165, 1.54) is 0 Å². The molecule has 0 unspecified atom stereocenters. The van der Waals surface area contributed by atoms with Crippen LogP contribution in [0.3, 0.4) is 0 Å². The van der Waals surface area contributed by atoms with E-state index in [0.29, 0.717) is 11.3 Å². The van der Waals surface area contributed by atoms with E-state index >= 15 is 0 Å². The van der Waals surface area contributed by atoms with Gasteiger partial charge >= 0.3 is 0 Å². The number of benzene rings is 1. The van der Waals surface area contributed by atoms with Crippen LogP contribution in [0.1, 0.15) is 10.4 Å². The van der Waals surface area contributed by atoms with Crippen molar-refractivity contribution in [2.24, 2.45) is 0 Å². The minimum absolute atomic E-state index is 0.471. The van der Waals surface area contributed by atoms with Gasteiger partial charge in [0.1, 0.15) is 0 Å². The van der Waals surface area contributed by atoms with Crippen LogP contribution >= 0.6 is 11.6 Å². The average Bonchev–Trinajstić information content (AvgIpc) is 2.47. The van der Waals surface area contributed by atoms with Crippen LogP contribution in [0.4, 0.5) is 0 Å². The van der Waals surface area contributed by atoms with Crippen molar-refractivity contribution in [1.82, 2.24) is 9.97 Å². The first-order valence-corrected chi connectivity index (χ1v) is 6.13. The van der Waals surface area contributed by atoms with E-state index in [-0.39, 0.29) is 0 Å². The van der Waals surface area contributed by atoms with Gasteiger partial charge in [-0.1, -0.05) is 18.2 Å². The molecule has 0 amide bonds. The van der Waals surface area contributed by atoms with Gasteiger partial charge < -0.3 is 0 Å². The number of pyridine rings is 2. The summed E-state index contributed by atoms with van der Waals surface area (Å²) < 4.78 is 0. The third-order valence-corrected chi connectivity index (χ3v) is 3.11. The number of fused-ring (bicyclic) bond motifs is 1. The Hall–Kier alpha value is -2.26. The maximum atomic E-state index is 11.6. The fraction of sp³-hybridized carbons (Fsp3) is 0. The second-order valence-corrected chi connectivity index (χ2v) is 4.43. The lowest BCUT2D eigenvalue weighted by Gasteiger charge is -2.06. The van der Waals surface area contributed by atoms with E-state index in [2.05, 4.69) is 9.97 Å². The lowest BCUT2D eigenvalue weighted by molar-refractivity contribution is 0.108. The van der Waals surface area contributed by atoms with E-state index < -0.39 is 5.24 Å². The Balaban J connectivity index is 2.31. The molecule has 0 N–H and O–H groups in total. The fourth-order valence-corrected chi connectivity index (χ4v) is 2.16. The van der Waals surface area contributed by atoms with Crippen LogP contribution in [0.25, 0.3) is 22.2 Å². The minimum Gasteiger partial charge on any atom is -0.276 e. The van der Waals surface area contributed by atoms with Crippen molar-refractivity contribution in [3.8, 4) is 11.3 Å². The van der Waals surface area contributed by atoms with Crippen LogP contribution in [-0.4, -0.2) is 15.2 Å². The Morgan fingerprint density at radius 3 is 2.53 bits per heavy atom. The van der Waals surface area contributed by atoms with Crippen LogP contribution in [-0.2, 0) is 0 Å². The molecule has 0 aliphatic heterocycles. The molecule has 0 bridgehead atoms. The summed E-state index contributed by atoms with van der Waals surface area (Å²) in [4.78, 5) is 20.1. The Bertz CT molecular complexity index is 756. The summed E-state index contributed by atoms with van der Waals surface area (Å²) in [5.41, 5.74) is 2.84. The van der Waals surface area contributed by atoms with Gasteiger partial charge in [0.15, 0.2) is 0 Å².